The van der Waals surface area contributed by atoms with Crippen molar-refractivity contribution < 1.29 is 14.2 Å². The number of aryl methyl sites for hydroxylation is 2. The molecule has 1 aliphatic heterocycles. The third-order valence-electron chi connectivity index (χ3n) is 4.68. The zero-order valence-corrected chi connectivity index (χ0v) is 17.2. The molecule has 27 heavy (non-hydrogen) atoms. The summed E-state index contributed by atoms with van der Waals surface area (Å²) in [5, 5.41) is 9.11. The number of hydrogen-bond donors (Lipinski definition) is 1. The third kappa shape index (κ3) is 3.95. The number of fused-ring (bicyclic) bond motifs is 1. The SMILES string of the molecule is COc1cc2c(cc1CN[C@H](Cc1ccsc1)c1nc(C)c(C)s1)OCO2. The normalized spacial score (nSPS) is 13.7. The Morgan fingerprint density at radius 2 is 2.07 bits per heavy atom. The van der Waals surface area contributed by atoms with Crippen LogP contribution in [0.4, 0.5) is 0 Å². The van der Waals surface area contributed by atoms with Crippen LogP contribution < -0.4 is 19.5 Å². The Hall–Kier alpha value is -2.09. The van der Waals surface area contributed by atoms with Crippen molar-refractivity contribution in [2.24, 2.45) is 0 Å². The highest BCUT2D eigenvalue weighted by molar-refractivity contribution is 7.11. The van der Waals surface area contributed by atoms with Crippen molar-refractivity contribution in [3.63, 3.8) is 0 Å². The second-order valence-electron chi connectivity index (χ2n) is 6.48. The van der Waals surface area contributed by atoms with E-state index in [-0.39, 0.29) is 12.8 Å². The lowest BCUT2D eigenvalue weighted by Gasteiger charge is -2.18. The molecule has 4 rings (SSSR count). The number of nitrogens with one attached hydrogen (secondary N) is 1. The highest BCUT2D eigenvalue weighted by Crippen LogP contribution is 2.38. The molecule has 0 saturated heterocycles. The summed E-state index contributed by atoms with van der Waals surface area (Å²) in [5.74, 6) is 2.30. The smallest absolute Gasteiger partial charge is 0.231 e. The van der Waals surface area contributed by atoms with Crippen LogP contribution in [0, 0.1) is 13.8 Å². The Bertz CT molecular complexity index is 902. The van der Waals surface area contributed by atoms with Crippen LogP contribution in [0.2, 0.25) is 0 Å². The van der Waals surface area contributed by atoms with E-state index in [1.165, 1.54) is 10.4 Å². The Labute approximate surface area is 166 Å². The van der Waals surface area contributed by atoms with E-state index in [0.717, 1.165) is 39.9 Å². The maximum absolute atomic E-state index is 5.55. The van der Waals surface area contributed by atoms with Crippen LogP contribution >= 0.6 is 22.7 Å². The average Bonchev–Trinajstić information content (AvgIpc) is 3.40. The molecule has 142 valence electrons. The zero-order valence-electron chi connectivity index (χ0n) is 15.6. The second kappa shape index (κ2) is 7.88. The van der Waals surface area contributed by atoms with Gasteiger partial charge in [-0.05, 0) is 48.7 Å². The minimum atomic E-state index is 0.145. The molecule has 1 aliphatic rings. The van der Waals surface area contributed by atoms with Gasteiger partial charge in [0.25, 0.3) is 0 Å². The van der Waals surface area contributed by atoms with Gasteiger partial charge in [-0.15, -0.1) is 11.3 Å². The number of methoxy groups -OCH3 is 1. The van der Waals surface area contributed by atoms with Gasteiger partial charge in [-0.1, -0.05) is 0 Å². The van der Waals surface area contributed by atoms with Gasteiger partial charge < -0.3 is 19.5 Å². The molecule has 3 aromatic rings. The van der Waals surface area contributed by atoms with Crippen molar-refractivity contribution in [2.75, 3.05) is 13.9 Å². The van der Waals surface area contributed by atoms with Gasteiger partial charge in [0.1, 0.15) is 10.8 Å². The van der Waals surface area contributed by atoms with Crippen LogP contribution in [0.25, 0.3) is 0 Å². The van der Waals surface area contributed by atoms with Gasteiger partial charge in [-0.2, -0.15) is 11.3 Å². The fraction of sp³-hybridized carbons (Fsp3) is 0.350. The number of hydrogen-bond acceptors (Lipinski definition) is 7. The number of aromatic nitrogens is 1. The maximum atomic E-state index is 5.55. The fourth-order valence-electron chi connectivity index (χ4n) is 3.06. The van der Waals surface area contributed by atoms with Gasteiger partial charge in [0, 0.05) is 23.1 Å². The molecular weight excluding hydrogens is 380 g/mol. The molecule has 0 radical (unpaired) electrons. The summed E-state index contributed by atoms with van der Waals surface area (Å²) in [4.78, 5) is 6.05. The second-order valence-corrected chi connectivity index (χ2v) is 8.50. The highest BCUT2D eigenvalue weighted by atomic mass is 32.1. The van der Waals surface area contributed by atoms with Crippen molar-refractivity contribution in [1.82, 2.24) is 10.3 Å². The first-order valence-electron chi connectivity index (χ1n) is 8.79. The summed E-state index contributed by atoms with van der Waals surface area (Å²) < 4.78 is 16.5. The molecule has 5 nitrogen and oxygen atoms in total. The van der Waals surface area contributed by atoms with Crippen LogP contribution in [0.3, 0.4) is 0 Å². The summed E-state index contributed by atoms with van der Waals surface area (Å²) in [7, 11) is 1.68. The van der Waals surface area contributed by atoms with Gasteiger partial charge in [0.2, 0.25) is 6.79 Å². The zero-order chi connectivity index (χ0) is 18.8. The molecule has 1 atom stereocenters. The monoisotopic (exact) mass is 402 g/mol. The Morgan fingerprint density at radius 1 is 1.26 bits per heavy atom. The summed E-state index contributed by atoms with van der Waals surface area (Å²) in [5.41, 5.74) is 3.47. The van der Waals surface area contributed by atoms with E-state index in [4.69, 9.17) is 19.2 Å². The molecule has 1 N–H and O–H groups in total. The van der Waals surface area contributed by atoms with Crippen molar-refractivity contribution in [2.45, 2.75) is 32.9 Å². The Kier molecular flexibility index (Phi) is 5.33. The molecule has 0 unspecified atom stereocenters. The lowest BCUT2D eigenvalue weighted by Crippen LogP contribution is -2.23. The molecule has 2 aromatic heterocycles. The van der Waals surface area contributed by atoms with Gasteiger partial charge >= 0.3 is 0 Å². The predicted molar refractivity (Wildman–Crippen MR) is 108 cm³/mol. The average molecular weight is 403 g/mol. The van der Waals surface area contributed by atoms with Crippen LogP contribution in [-0.4, -0.2) is 18.9 Å². The summed E-state index contributed by atoms with van der Waals surface area (Å²) >= 11 is 3.49. The molecule has 1 aromatic carbocycles. The standard InChI is InChI=1S/C20H22N2O3S2/c1-12-13(2)27-20(22-12)16(6-14-4-5-26-10-14)21-9-15-7-18-19(25-11-24-18)8-17(15)23-3/h4-5,7-8,10,16,21H,6,9,11H2,1-3H3/t16-/m1/s1. The summed E-state index contributed by atoms with van der Waals surface area (Å²) in [6, 6.07) is 6.21. The first kappa shape index (κ1) is 18.3. The van der Waals surface area contributed by atoms with Gasteiger partial charge in [0.05, 0.1) is 18.8 Å². The largest absolute Gasteiger partial charge is 0.496 e. The fourth-order valence-corrected chi connectivity index (χ4v) is 4.74. The first-order valence-corrected chi connectivity index (χ1v) is 10.5. The molecule has 0 bridgehead atoms. The van der Waals surface area contributed by atoms with Gasteiger partial charge in [0.15, 0.2) is 11.5 Å². The lowest BCUT2D eigenvalue weighted by atomic mass is 10.1. The van der Waals surface area contributed by atoms with E-state index in [0.29, 0.717) is 6.54 Å². The van der Waals surface area contributed by atoms with E-state index < -0.39 is 0 Å². The molecule has 0 saturated carbocycles. The molecule has 0 spiro atoms. The molecule has 3 heterocycles. The minimum absolute atomic E-state index is 0.145. The molecule has 7 heteroatoms. The first-order chi connectivity index (χ1) is 13.1. The van der Waals surface area contributed by atoms with Crippen molar-refractivity contribution in [3.8, 4) is 17.2 Å². The number of rotatable bonds is 7. The van der Waals surface area contributed by atoms with Gasteiger partial charge in [-0.25, -0.2) is 4.98 Å². The number of thiazole rings is 1. The van der Waals surface area contributed by atoms with E-state index >= 15 is 0 Å². The van der Waals surface area contributed by atoms with Gasteiger partial charge in [-0.3, -0.25) is 0 Å². The molecule has 0 aliphatic carbocycles. The van der Waals surface area contributed by atoms with Crippen molar-refractivity contribution in [3.05, 3.63) is 55.7 Å². The Morgan fingerprint density at radius 3 is 2.74 bits per heavy atom. The summed E-state index contributed by atoms with van der Waals surface area (Å²) in [6.07, 6.45) is 0.906. The molecule has 0 fully saturated rings. The van der Waals surface area contributed by atoms with Crippen molar-refractivity contribution in [1.29, 1.82) is 0 Å². The summed E-state index contributed by atoms with van der Waals surface area (Å²) in [6.45, 7) is 5.11. The number of nitrogens with zero attached hydrogens (tertiary/aromatic N) is 1. The van der Waals surface area contributed by atoms with Crippen LogP contribution in [0.15, 0.2) is 29.0 Å². The number of thiophene rings is 1. The highest BCUT2D eigenvalue weighted by Gasteiger charge is 2.21. The Balaban J connectivity index is 1.56. The number of benzene rings is 1. The minimum Gasteiger partial charge on any atom is -0.496 e. The lowest BCUT2D eigenvalue weighted by molar-refractivity contribution is 0.174. The van der Waals surface area contributed by atoms with Crippen LogP contribution in [0.1, 0.15) is 32.7 Å². The van der Waals surface area contributed by atoms with E-state index in [9.17, 15) is 0 Å². The van der Waals surface area contributed by atoms with Crippen LogP contribution in [-0.2, 0) is 13.0 Å². The van der Waals surface area contributed by atoms with E-state index in [1.54, 1.807) is 29.8 Å². The predicted octanol–water partition coefficient (Wildman–Crippen LogP) is 4.63. The maximum Gasteiger partial charge on any atom is 0.231 e. The van der Waals surface area contributed by atoms with Crippen LogP contribution in [0.5, 0.6) is 17.2 Å². The molecule has 0 amide bonds. The third-order valence-corrected chi connectivity index (χ3v) is 6.60. The quantitative estimate of drug-likeness (QED) is 0.624. The van der Waals surface area contributed by atoms with E-state index in [2.05, 4.69) is 36.0 Å². The number of ether oxygens (including phenoxy) is 3. The van der Waals surface area contributed by atoms with Crippen molar-refractivity contribution >= 4 is 22.7 Å². The molecular formula is C20H22N2O3S2. The van der Waals surface area contributed by atoms with E-state index in [1.807, 2.05) is 12.1 Å². The topological polar surface area (TPSA) is 52.6 Å².